The Labute approximate surface area is 103 Å². The van der Waals surface area contributed by atoms with E-state index in [1.807, 2.05) is 0 Å². The van der Waals surface area contributed by atoms with Gasteiger partial charge in [0.25, 0.3) is 0 Å². The summed E-state index contributed by atoms with van der Waals surface area (Å²) in [6.07, 6.45) is -1.16. The lowest BCUT2D eigenvalue weighted by Crippen LogP contribution is -2.11. The average Bonchev–Trinajstić information content (AvgIpc) is 2.22. The van der Waals surface area contributed by atoms with Crippen LogP contribution in [0.15, 0.2) is 0 Å². The zero-order chi connectivity index (χ0) is 12.5. The second kappa shape index (κ2) is 4.80. The van der Waals surface area contributed by atoms with Crippen LogP contribution in [-0.2, 0) is 0 Å². The lowest BCUT2D eigenvalue weighted by atomic mass is 10.1. The summed E-state index contributed by atoms with van der Waals surface area (Å²) in [7, 11) is 1.45. The van der Waals surface area contributed by atoms with Gasteiger partial charge in [-0.15, -0.1) is 0 Å². The summed E-state index contributed by atoms with van der Waals surface area (Å²) in [4.78, 5) is 10.6. The molecule has 2 N–H and O–H groups in total. The molecule has 0 aliphatic carbocycles. The Bertz CT molecular complexity index is 417. The van der Waals surface area contributed by atoms with Gasteiger partial charge >= 0.3 is 6.09 Å². The fourth-order valence-electron chi connectivity index (χ4n) is 1.41. The monoisotopic (exact) mass is 263 g/mol. The molecule has 0 heterocycles. The maximum absolute atomic E-state index is 10.6. The number of ether oxygens (including phenoxy) is 1. The molecule has 1 amide bonds. The van der Waals surface area contributed by atoms with E-state index in [-0.39, 0.29) is 0 Å². The molecule has 0 saturated carbocycles. The molecule has 0 aromatic heterocycles. The van der Waals surface area contributed by atoms with Crippen molar-refractivity contribution in [2.45, 2.75) is 13.8 Å². The van der Waals surface area contributed by atoms with Gasteiger partial charge in [0.15, 0.2) is 5.75 Å². The standard InChI is InChI=1S/C10H11Cl2NO3/c1-4-6(11)9(16-3)7(12)5(2)8(4)13-10(14)15/h13H,1-3H3,(H,14,15). The molecule has 1 rings (SSSR count). The van der Waals surface area contributed by atoms with Gasteiger partial charge in [0.2, 0.25) is 0 Å². The molecule has 0 saturated heterocycles. The molecular formula is C10H11Cl2NO3. The predicted molar refractivity (Wildman–Crippen MR) is 64.1 cm³/mol. The van der Waals surface area contributed by atoms with Gasteiger partial charge in [-0.25, -0.2) is 4.79 Å². The van der Waals surface area contributed by atoms with E-state index in [0.29, 0.717) is 32.6 Å². The molecule has 4 nitrogen and oxygen atoms in total. The van der Waals surface area contributed by atoms with E-state index in [0.717, 1.165) is 0 Å². The molecule has 1 aromatic rings. The molecule has 1 aromatic carbocycles. The second-order valence-corrected chi connectivity index (χ2v) is 3.97. The van der Waals surface area contributed by atoms with E-state index in [2.05, 4.69) is 5.32 Å². The van der Waals surface area contributed by atoms with Gasteiger partial charge in [0.05, 0.1) is 22.8 Å². The Balaban J connectivity index is 3.47. The third-order valence-corrected chi connectivity index (χ3v) is 3.15. The van der Waals surface area contributed by atoms with Crippen molar-refractivity contribution in [3.8, 4) is 5.75 Å². The van der Waals surface area contributed by atoms with Crippen molar-refractivity contribution in [2.75, 3.05) is 12.4 Å². The molecule has 88 valence electrons. The largest absolute Gasteiger partial charge is 0.494 e. The highest BCUT2D eigenvalue weighted by Gasteiger charge is 2.19. The maximum Gasteiger partial charge on any atom is 0.409 e. The number of hydrogen-bond donors (Lipinski definition) is 2. The van der Waals surface area contributed by atoms with Gasteiger partial charge in [-0.05, 0) is 25.0 Å². The van der Waals surface area contributed by atoms with Crippen LogP contribution < -0.4 is 10.1 Å². The Morgan fingerprint density at radius 3 is 2.00 bits per heavy atom. The second-order valence-electron chi connectivity index (χ2n) is 3.22. The Kier molecular flexibility index (Phi) is 3.88. The van der Waals surface area contributed by atoms with Crippen LogP contribution in [0, 0.1) is 13.8 Å². The van der Waals surface area contributed by atoms with Crippen LogP contribution in [0.5, 0.6) is 5.75 Å². The SMILES string of the molecule is COc1c(Cl)c(C)c(NC(=O)O)c(C)c1Cl. The highest BCUT2D eigenvalue weighted by Crippen LogP contribution is 2.42. The number of anilines is 1. The van der Waals surface area contributed by atoms with E-state index in [1.165, 1.54) is 7.11 Å². The third-order valence-electron chi connectivity index (χ3n) is 2.24. The van der Waals surface area contributed by atoms with Gasteiger partial charge < -0.3 is 9.84 Å². The molecule has 0 atom stereocenters. The van der Waals surface area contributed by atoms with Crippen LogP contribution in [-0.4, -0.2) is 18.3 Å². The van der Waals surface area contributed by atoms with Gasteiger partial charge in [-0.2, -0.15) is 0 Å². The van der Waals surface area contributed by atoms with Crippen molar-refractivity contribution >= 4 is 35.0 Å². The summed E-state index contributed by atoms with van der Waals surface area (Å²) in [6.45, 7) is 3.39. The highest BCUT2D eigenvalue weighted by molar-refractivity contribution is 6.39. The molecule has 0 radical (unpaired) electrons. The van der Waals surface area contributed by atoms with Crippen molar-refractivity contribution in [1.82, 2.24) is 0 Å². The lowest BCUT2D eigenvalue weighted by Gasteiger charge is -2.16. The van der Waals surface area contributed by atoms with Gasteiger partial charge in [0, 0.05) is 0 Å². The van der Waals surface area contributed by atoms with Gasteiger partial charge in [-0.1, -0.05) is 23.2 Å². The van der Waals surface area contributed by atoms with Crippen LogP contribution in [0.4, 0.5) is 10.5 Å². The number of rotatable bonds is 2. The number of halogens is 2. The summed E-state index contributed by atoms with van der Waals surface area (Å²) >= 11 is 12.0. The van der Waals surface area contributed by atoms with E-state index in [1.54, 1.807) is 13.8 Å². The first kappa shape index (κ1) is 12.9. The van der Waals surface area contributed by atoms with Crippen LogP contribution >= 0.6 is 23.2 Å². The first-order valence-electron chi connectivity index (χ1n) is 4.42. The van der Waals surface area contributed by atoms with Gasteiger partial charge in [-0.3, -0.25) is 5.32 Å². The number of benzene rings is 1. The third kappa shape index (κ3) is 2.18. The van der Waals surface area contributed by atoms with E-state index < -0.39 is 6.09 Å². The zero-order valence-corrected chi connectivity index (χ0v) is 10.5. The zero-order valence-electron chi connectivity index (χ0n) is 9.02. The Hall–Kier alpha value is -1.13. The smallest absolute Gasteiger partial charge is 0.409 e. The minimum absolute atomic E-state index is 0.307. The van der Waals surface area contributed by atoms with E-state index in [4.69, 9.17) is 33.0 Å². The molecule has 0 spiro atoms. The van der Waals surface area contributed by atoms with Crippen molar-refractivity contribution in [1.29, 1.82) is 0 Å². The first-order chi connectivity index (χ1) is 7.40. The topological polar surface area (TPSA) is 58.6 Å². The van der Waals surface area contributed by atoms with Crippen LogP contribution in [0.2, 0.25) is 10.0 Å². The molecule has 0 unspecified atom stereocenters. The number of carbonyl (C=O) groups is 1. The number of hydrogen-bond acceptors (Lipinski definition) is 2. The fraction of sp³-hybridized carbons (Fsp3) is 0.300. The minimum atomic E-state index is -1.16. The van der Waals surface area contributed by atoms with Crippen LogP contribution in [0.3, 0.4) is 0 Å². The predicted octanol–water partition coefficient (Wildman–Crippen LogP) is 3.71. The highest BCUT2D eigenvalue weighted by atomic mass is 35.5. The molecule has 6 heteroatoms. The average molecular weight is 264 g/mol. The number of amides is 1. The number of methoxy groups -OCH3 is 1. The van der Waals surface area contributed by atoms with Crippen molar-refractivity contribution < 1.29 is 14.6 Å². The molecular weight excluding hydrogens is 253 g/mol. The lowest BCUT2D eigenvalue weighted by molar-refractivity contribution is 0.209. The molecule has 0 aliphatic heterocycles. The van der Waals surface area contributed by atoms with Crippen LogP contribution in [0.25, 0.3) is 0 Å². The fourth-order valence-corrected chi connectivity index (χ4v) is 1.99. The maximum atomic E-state index is 10.6. The van der Waals surface area contributed by atoms with E-state index in [9.17, 15) is 4.79 Å². The molecule has 0 aliphatic rings. The number of nitrogens with one attached hydrogen (secondary N) is 1. The molecule has 0 fully saturated rings. The van der Waals surface area contributed by atoms with Crippen LogP contribution in [0.1, 0.15) is 11.1 Å². The summed E-state index contributed by atoms with van der Waals surface area (Å²) < 4.78 is 5.06. The molecule has 0 bridgehead atoms. The summed E-state index contributed by atoms with van der Waals surface area (Å²) in [6, 6.07) is 0. The Morgan fingerprint density at radius 1 is 1.25 bits per heavy atom. The minimum Gasteiger partial charge on any atom is -0.494 e. The molecule has 16 heavy (non-hydrogen) atoms. The summed E-state index contributed by atoms with van der Waals surface area (Å²) in [5, 5.41) is 11.6. The van der Waals surface area contributed by atoms with Crippen molar-refractivity contribution in [3.63, 3.8) is 0 Å². The van der Waals surface area contributed by atoms with E-state index >= 15 is 0 Å². The summed E-state index contributed by atoms with van der Waals surface area (Å²) in [5.41, 5.74) is 1.56. The quantitative estimate of drug-likeness (QED) is 0.855. The van der Waals surface area contributed by atoms with Crippen molar-refractivity contribution in [2.24, 2.45) is 0 Å². The Morgan fingerprint density at radius 2 is 1.69 bits per heavy atom. The first-order valence-corrected chi connectivity index (χ1v) is 5.17. The normalized spacial score (nSPS) is 10.1. The number of carboxylic acid groups (broad SMARTS) is 1. The van der Waals surface area contributed by atoms with Crippen molar-refractivity contribution in [3.05, 3.63) is 21.2 Å². The van der Waals surface area contributed by atoms with Gasteiger partial charge in [0.1, 0.15) is 0 Å². The summed E-state index contributed by atoms with van der Waals surface area (Å²) in [5.74, 6) is 0.356.